The van der Waals surface area contributed by atoms with Crippen LogP contribution in [0.15, 0.2) is 40.3 Å². The summed E-state index contributed by atoms with van der Waals surface area (Å²) in [5.74, 6) is -0.776. The predicted octanol–water partition coefficient (Wildman–Crippen LogP) is 3.35. The highest BCUT2D eigenvalue weighted by atomic mass is 32.2. The third-order valence-electron chi connectivity index (χ3n) is 2.99. The zero-order valence-electron chi connectivity index (χ0n) is 13.7. The summed E-state index contributed by atoms with van der Waals surface area (Å²) < 4.78 is 40.0. The zero-order chi connectivity index (χ0) is 19.2. The highest BCUT2D eigenvalue weighted by Gasteiger charge is 2.30. The number of aromatic amines is 1. The van der Waals surface area contributed by atoms with Gasteiger partial charge in [-0.1, -0.05) is 25.1 Å². The number of nitrogens with one attached hydrogen (secondary N) is 2. The van der Waals surface area contributed by atoms with Crippen molar-refractivity contribution in [1.29, 1.82) is 0 Å². The molecule has 0 aliphatic carbocycles. The van der Waals surface area contributed by atoms with Gasteiger partial charge in [-0.2, -0.15) is 0 Å². The molecule has 140 valence electrons. The Morgan fingerprint density at radius 2 is 2.00 bits per heavy atom. The van der Waals surface area contributed by atoms with Crippen LogP contribution in [0.2, 0.25) is 0 Å². The molecule has 2 rings (SSSR count). The second-order valence-electron chi connectivity index (χ2n) is 5.20. The molecular formula is C16H16F3N3O3S. The maximum atomic E-state index is 12.1. The van der Waals surface area contributed by atoms with Gasteiger partial charge in [0.1, 0.15) is 5.75 Å². The first kappa shape index (κ1) is 19.8. The van der Waals surface area contributed by atoms with Gasteiger partial charge in [-0.15, -0.1) is 13.2 Å². The Balaban J connectivity index is 1.90. The number of aromatic nitrogens is 2. The number of aryl methyl sites for hydroxylation is 1. The fourth-order valence-electron chi connectivity index (χ4n) is 2.01. The van der Waals surface area contributed by atoms with Crippen LogP contribution >= 0.6 is 11.8 Å². The molecule has 0 fully saturated rings. The smallest absolute Gasteiger partial charge is 0.406 e. The maximum Gasteiger partial charge on any atom is 0.573 e. The van der Waals surface area contributed by atoms with Crippen LogP contribution in [0.3, 0.4) is 0 Å². The highest BCUT2D eigenvalue weighted by molar-refractivity contribution is 7.99. The fraction of sp³-hybridized carbons (Fsp3) is 0.312. The van der Waals surface area contributed by atoms with E-state index in [1.807, 2.05) is 6.92 Å². The van der Waals surface area contributed by atoms with Crippen LogP contribution in [-0.2, 0) is 11.2 Å². The summed E-state index contributed by atoms with van der Waals surface area (Å²) in [5, 5.41) is 2.88. The lowest BCUT2D eigenvalue weighted by Crippen LogP contribution is -2.17. The maximum absolute atomic E-state index is 12.1. The van der Waals surface area contributed by atoms with Crippen LogP contribution in [0, 0.1) is 0 Å². The number of benzene rings is 1. The van der Waals surface area contributed by atoms with Crippen LogP contribution in [0.25, 0.3) is 0 Å². The summed E-state index contributed by atoms with van der Waals surface area (Å²) in [7, 11) is 0. The van der Waals surface area contributed by atoms with E-state index in [1.165, 1.54) is 18.2 Å². The summed E-state index contributed by atoms with van der Waals surface area (Å²) >= 11 is 1.06. The van der Waals surface area contributed by atoms with Crippen LogP contribution in [0.1, 0.15) is 19.0 Å². The molecule has 0 spiro atoms. The minimum atomic E-state index is -4.77. The van der Waals surface area contributed by atoms with Gasteiger partial charge in [-0.3, -0.25) is 9.59 Å². The molecule has 0 saturated heterocycles. The standard InChI is InChI=1S/C16H16F3N3O3S/c1-2-3-11-8-13(23)22-15(21-11)26-9-14(24)20-10-4-6-12(7-5-10)25-16(17,18)19/h4-8H,2-3,9H2,1H3,(H,20,24)(H,21,22,23). The van der Waals surface area contributed by atoms with E-state index in [1.54, 1.807) is 0 Å². The van der Waals surface area contributed by atoms with Crippen molar-refractivity contribution in [3.8, 4) is 5.75 Å². The number of hydrogen-bond acceptors (Lipinski definition) is 5. The quantitative estimate of drug-likeness (QED) is 0.562. The molecule has 1 heterocycles. The third-order valence-corrected chi connectivity index (χ3v) is 3.86. The molecule has 26 heavy (non-hydrogen) atoms. The van der Waals surface area contributed by atoms with E-state index in [-0.39, 0.29) is 23.0 Å². The van der Waals surface area contributed by atoms with Gasteiger partial charge in [0.25, 0.3) is 5.56 Å². The van der Waals surface area contributed by atoms with Gasteiger partial charge in [0.05, 0.1) is 5.75 Å². The van der Waals surface area contributed by atoms with Gasteiger partial charge in [0.2, 0.25) is 5.91 Å². The number of anilines is 1. The largest absolute Gasteiger partial charge is 0.573 e. The molecule has 0 aliphatic rings. The summed E-state index contributed by atoms with van der Waals surface area (Å²) in [5.41, 5.74) is 0.692. The first-order chi connectivity index (χ1) is 12.2. The van der Waals surface area contributed by atoms with Crippen molar-refractivity contribution in [2.45, 2.75) is 31.3 Å². The van der Waals surface area contributed by atoms with Crippen molar-refractivity contribution in [2.75, 3.05) is 11.1 Å². The monoisotopic (exact) mass is 387 g/mol. The minimum Gasteiger partial charge on any atom is -0.406 e. The summed E-state index contributed by atoms with van der Waals surface area (Å²) in [4.78, 5) is 30.3. The second-order valence-corrected chi connectivity index (χ2v) is 6.16. The van der Waals surface area contributed by atoms with E-state index < -0.39 is 6.36 Å². The Hall–Kier alpha value is -2.49. The van der Waals surface area contributed by atoms with Crippen LogP contribution < -0.4 is 15.6 Å². The normalized spacial score (nSPS) is 11.2. The van der Waals surface area contributed by atoms with Gasteiger partial charge in [-0.25, -0.2) is 4.98 Å². The minimum absolute atomic E-state index is 0.0146. The number of carbonyl (C=O) groups excluding carboxylic acids is 1. The second kappa shape index (κ2) is 8.75. The Kier molecular flexibility index (Phi) is 6.67. The van der Waals surface area contributed by atoms with Gasteiger partial charge in [0.15, 0.2) is 5.16 Å². The predicted molar refractivity (Wildman–Crippen MR) is 91.3 cm³/mol. The molecule has 0 unspecified atom stereocenters. The molecule has 1 aromatic carbocycles. The summed E-state index contributed by atoms with van der Waals surface area (Å²) in [6.07, 6.45) is -3.26. The first-order valence-electron chi connectivity index (χ1n) is 7.64. The Morgan fingerprint density at radius 1 is 1.31 bits per heavy atom. The number of ether oxygens (including phenoxy) is 1. The van der Waals surface area contributed by atoms with E-state index in [0.29, 0.717) is 23.0 Å². The number of carbonyl (C=O) groups is 1. The summed E-state index contributed by atoms with van der Waals surface area (Å²) in [6, 6.07) is 6.21. The van der Waals surface area contributed by atoms with Gasteiger partial charge >= 0.3 is 6.36 Å². The molecule has 2 aromatic rings. The van der Waals surface area contributed by atoms with E-state index in [9.17, 15) is 22.8 Å². The molecule has 0 saturated carbocycles. The Bertz CT molecular complexity index is 807. The SMILES string of the molecule is CCCc1cc(=O)[nH]c(SCC(=O)Nc2ccc(OC(F)(F)F)cc2)n1. The lowest BCUT2D eigenvalue weighted by atomic mass is 10.2. The van der Waals surface area contributed by atoms with Crippen LogP contribution in [0.4, 0.5) is 18.9 Å². The van der Waals surface area contributed by atoms with E-state index >= 15 is 0 Å². The van der Waals surface area contributed by atoms with E-state index in [0.717, 1.165) is 30.3 Å². The lowest BCUT2D eigenvalue weighted by molar-refractivity contribution is -0.274. The van der Waals surface area contributed by atoms with Crippen molar-refractivity contribution < 1.29 is 22.7 Å². The van der Waals surface area contributed by atoms with Gasteiger partial charge in [0, 0.05) is 17.4 Å². The molecule has 0 atom stereocenters. The van der Waals surface area contributed by atoms with Crippen molar-refractivity contribution >= 4 is 23.4 Å². The first-order valence-corrected chi connectivity index (χ1v) is 8.62. The molecule has 0 aliphatic heterocycles. The number of alkyl halides is 3. The zero-order valence-corrected chi connectivity index (χ0v) is 14.5. The van der Waals surface area contributed by atoms with Crippen LogP contribution in [0.5, 0.6) is 5.75 Å². The Labute approximate surface area is 151 Å². The third kappa shape index (κ3) is 6.79. The average Bonchev–Trinajstić information content (AvgIpc) is 2.53. The fourth-order valence-corrected chi connectivity index (χ4v) is 2.70. The number of amides is 1. The molecular weight excluding hydrogens is 371 g/mol. The number of halogens is 3. The number of H-pyrrole nitrogens is 1. The van der Waals surface area contributed by atoms with Crippen molar-refractivity contribution in [1.82, 2.24) is 9.97 Å². The number of nitrogens with zero attached hydrogens (tertiary/aromatic N) is 1. The highest BCUT2D eigenvalue weighted by Crippen LogP contribution is 2.24. The molecule has 2 N–H and O–H groups in total. The topological polar surface area (TPSA) is 84.1 Å². The molecule has 0 radical (unpaired) electrons. The average molecular weight is 387 g/mol. The van der Waals surface area contributed by atoms with Crippen molar-refractivity contribution in [2.24, 2.45) is 0 Å². The van der Waals surface area contributed by atoms with E-state index in [4.69, 9.17) is 0 Å². The van der Waals surface area contributed by atoms with Crippen molar-refractivity contribution in [3.63, 3.8) is 0 Å². The molecule has 1 aromatic heterocycles. The summed E-state index contributed by atoms with van der Waals surface area (Å²) in [6.45, 7) is 1.97. The molecule has 0 bridgehead atoms. The van der Waals surface area contributed by atoms with Gasteiger partial charge in [-0.05, 0) is 30.7 Å². The number of thioether (sulfide) groups is 1. The van der Waals surface area contributed by atoms with Crippen LogP contribution in [-0.4, -0.2) is 28.0 Å². The number of hydrogen-bond donors (Lipinski definition) is 2. The van der Waals surface area contributed by atoms with E-state index in [2.05, 4.69) is 20.0 Å². The Morgan fingerprint density at radius 3 is 2.62 bits per heavy atom. The number of rotatable bonds is 7. The van der Waals surface area contributed by atoms with Gasteiger partial charge < -0.3 is 15.0 Å². The lowest BCUT2D eigenvalue weighted by Gasteiger charge is -2.10. The van der Waals surface area contributed by atoms with Crippen molar-refractivity contribution in [3.05, 3.63) is 46.4 Å². The molecule has 10 heteroatoms. The molecule has 6 nitrogen and oxygen atoms in total. The molecule has 1 amide bonds.